The summed E-state index contributed by atoms with van der Waals surface area (Å²) in [5.41, 5.74) is 1.06. The average molecular weight is 244 g/mol. The molecule has 0 amide bonds. The van der Waals surface area contributed by atoms with Gasteiger partial charge in [-0.2, -0.15) is 0 Å². The van der Waals surface area contributed by atoms with Gasteiger partial charge in [-0.25, -0.2) is 0 Å². The number of hydrogen-bond donors (Lipinski definition) is 1. The minimum Gasteiger partial charge on any atom is -0.364 e. The first-order chi connectivity index (χ1) is 7.42. The third kappa shape index (κ3) is 2.39. The molecule has 3 heterocycles. The lowest BCUT2D eigenvalue weighted by molar-refractivity contribution is 0.152. The zero-order valence-electron chi connectivity index (χ0n) is 9.26. The van der Waals surface area contributed by atoms with Crippen molar-refractivity contribution in [3.63, 3.8) is 0 Å². The predicted octanol–water partition coefficient (Wildman–Crippen LogP) is 1.28. The molecule has 4 nitrogen and oxygen atoms in total. The molecule has 3 rings (SSSR count). The van der Waals surface area contributed by atoms with Crippen LogP contribution in [-0.2, 0) is 6.54 Å². The molecule has 2 aliphatic heterocycles. The third-order valence-corrected chi connectivity index (χ3v) is 3.62. The van der Waals surface area contributed by atoms with Gasteiger partial charge in [-0.1, -0.05) is 5.16 Å². The topological polar surface area (TPSA) is 41.3 Å². The molecule has 0 saturated carbocycles. The minimum atomic E-state index is 0. The summed E-state index contributed by atoms with van der Waals surface area (Å²) >= 11 is 0. The second-order valence-electron chi connectivity index (χ2n) is 4.62. The maximum absolute atomic E-state index is 4.85. The van der Waals surface area contributed by atoms with Crippen molar-refractivity contribution in [2.24, 2.45) is 5.92 Å². The van der Waals surface area contributed by atoms with Gasteiger partial charge in [0.15, 0.2) is 0 Å². The molecule has 1 aromatic rings. The molecule has 0 aromatic carbocycles. The number of nitrogens with zero attached hydrogens (tertiary/aromatic N) is 2. The molecule has 0 bridgehead atoms. The fraction of sp³-hybridized carbons (Fsp3) is 0.727. The summed E-state index contributed by atoms with van der Waals surface area (Å²) in [5, 5.41) is 7.54. The van der Waals surface area contributed by atoms with E-state index in [0.29, 0.717) is 0 Å². The van der Waals surface area contributed by atoms with E-state index in [0.717, 1.165) is 24.2 Å². The van der Waals surface area contributed by atoms with Crippen molar-refractivity contribution in [1.82, 2.24) is 15.4 Å². The molecular formula is C11H18ClN3O. The van der Waals surface area contributed by atoms with E-state index in [1.54, 1.807) is 6.26 Å². The Morgan fingerprint density at radius 3 is 3.25 bits per heavy atom. The van der Waals surface area contributed by atoms with Gasteiger partial charge in [0.25, 0.3) is 0 Å². The molecule has 2 saturated heterocycles. The van der Waals surface area contributed by atoms with Crippen LogP contribution in [0.3, 0.4) is 0 Å². The Kier molecular flexibility index (Phi) is 3.84. The quantitative estimate of drug-likeness (QED) is 0.850. The van der Waals surface area contributed by atoms with Crippen molar-refractivity contribution in [1.29, 1.82) is 0 Å². The van der Waals surface area contributed by atoms with E-state index < -0.39 is 0 Å². The Hall–Kier alpha value is -0.580. The van der Waals surface area contributed by atoms with E-state index in [9.17, 15) is 0 Å². The van der Waals surface area contributed by atoms with Crippen molar-refractivity contribution in [3.8, 4) is 0 Å². The molecule has 0 radical (unpaired) electrons. The second kappa shape index (κ2) is 5.17. The van der Waals surface area contributed by atoms with Gasteiger partial charge in [0.1, 0.15) is 6.26 Å². The van der Waals surface area contributed by atoms with Crippen LogP contribution in [0.15, 0.2) is 16.9 Å². The fourth-order valence-electron chi connectivity index (χ4n) is 2.81. The van der Waals surface area contributed by atoms with Gasteiger partial charge in [-0.15, -0.1) is 12.4 Å². The Labute approximate surface area is 102 Å². The molecule has 90 valence electrons. The monoisotopic (exact) mass is 243 g/mol. The Morgan fingerprint density at radius 2 is 2.44 bits per heavy atom. The number of fused-ring (bicyclic) bond motifs is 1. The van der Waals surface area contributed by atoms with E-state index in [1.165, 1.54) is 32.5 Å². The van der Waals surface area contributed by atoms with Crippen molar-refractivity contribution in [3.05, 3.63) is 18.0 Å². The van der Waals surface area contributed by atoms with Crippen LogP contribution < -0.4 is 5.32 Å². The van der Waals surface area contributed by atoms with Crippen LogP contribution >= 0.6 is 12.4 Å². The zero-order valence-corrected chi connectivity index (χ0v) is 10.1. The highest BCUT2D eigenvalue weighted by molar-refractivity contribution is 5.85. The summed E-state index contributed by atoms with van der Waals surface area (Å²) in [6.07, 6.45) is 4.27. The van der Waals surface area contributed by atoms with Crippen LogP contribution in [0.25, 0.3) is 0 Å². The molecule has 1 aromatic heterocycles. The first-order valence-electron chi connectivity index (χ1n) is 5.77. The molecule has 0 spiro atoms. The highest BCUT2D eigenvalue weighted by atomic mass is 35.5. The number of hydrogen-bond acceptors (Lipinski definition) is 4. The van der Waals surface area contributed by atoms with Crippen LogP contribution in [0.2, 0.25) is 0 Å². The molecule has 2 unspecified atom stereocenters. The number of likely N-dealkylation sites (tertiary alicyclic amines) is 1. The molecule has 2 aliphatic rings. The van der Waals surface area contributed by atoms with Crippen molar-refractivity contribution < 1.29 is 4.52 Å². The lowest BCUT2D eigenvalue weighted by Crippen LogP contribution is -2.43. The number of piperidine rings is 1. The highest BCUT2D eigenvalue weighted by Gasteiger charge is 2.32. The zero-order chi connectivity index (χ0) is 10.1. The lowest BCUT2D eigenvalue weighted by Gasteiger charge is -2.34. The average Bonchev–Trinajstić information content (AvgIpc) is 2.87. The van der Waals surface area contributed by atoms with Crippen LogP contribution in [0, 0.1) is 5.92 Å². The van der Waals surface area contributed by atoms with Gasteiger partial charge < -0.3 is 9.84 Å². The van der Waals surface area contributed by atoms with E-state index in [1.807, 2.05) is 6.07 Å². The first kappa shape index (κ1) is 11.9. The molecule has 2 fully saturated rings. The second-order valence-corrected chi connectivity index (χ2v) is 4.62. The van der Waals surface area contributed by atoms with Crippen LogP contribution in [0.4, 0.5) is 0 Å². The fourth-order valence-corrected chi connectivity index (χ4v) is 2.81. The van der Waals surface area contributed by atoms with E-state index in [4.69, 9.17) is 4.52 Å². The van der Waals surface area contributed by atoms with Crippen LogP contribution in [0.5, 0.6) is 0 Å². The van der Waals surface area contributed by atoms with Gasteiger partial charge in [0.05, 0.1) is 5.69 Å². The number of aromatic nitrogens is 1. The Bertz CT molecular complexity index is 317. The van der Waals surface area contributed by atoms with Gasteiger partial charge in [0.2, 0.25) is 0 Å². The molecular weight excluding hydrogens is 226 g/mol. The molecule has 2 atom stereocenters. The van der Waals surface area contributed by atoms with E-state index >= 15 is 0 Å². The summed E-state index contributed by atoms with van der Waals surface area (Å²) in [5.74, 6) is 0.852. The molecule has 0 aliphatic carbocycles. The van der Waals surface area contributed by atoms with Gasteiger partial charge in [-0.3, -0.25) is 4.90 Å². The molecule has 16 heavy (non-hydrogen) atoms. The highest BCUT2D eigenvalue weighted by Crippen LogP contribution is 2.25. The molecule has 1 N–H and O–H groups in total. The lowest BCUT2D eigenvalue weighted by atomic mass is 9.93. The van der Waals surface area contributed by atoms with Gasteiger partial charge >= 0.3 is 0 Å². The standard InChI is InChI=1S/C11H17N3O.ClH/c1-4-12-11-2-5-14(7-9(1)11)8-10-3-6-15-13-10;/h3,6,9,11-12H,1-2,4-5,7-8H2;1H. The van der Waals surface area contributed by atoms with Gasteiger partial charge in [-0.05, 0) is 25.3 Å². The number of halogens is 1. The van der Waals surface area contributed by atoms with E-state index in [2.05, 4.69) is 15.4 Å². The number of rotatable bonds is 2. The SMILES string of the molecule is Cl.c1cc(CN2CCC3NCCC3C2)no1. The Morgan fingerprint density at radius 1 is 1.50 bits per heavy atom. The third-order valence-electron chi connectivity index (χ3n) is 3.62. The summed E-state index contributed by atoms with van der Waals surface area (Å²) in [7, 11) is 0. The number of nitrogens with one attached hydrogen (secondary N) is 1. The minimum absolute atomic E-state index is 0. The largest absolute Gasteiger partial charge is 0.364 e. The summed E-state index contributed by atoms with van der Waals surface area (Å²) in [6.45, 7) is 4.54. The predicted molar refractivity (Wildman–Crippen MR) is 63.5 cm³/mol. The summed E-state index contributed by atoms with van der Waals surface area (Å²) in [4.78, 5) is 2.49. The van der Waals surface area contributed by atoms with Crippen LogP contribution in [0.1, 0.15) is 18.5 Å². The van der Waals surface area contributed by atoms with Crippen molar-refractivity contribution in [2.75, 3.05) is 19.6 Å². The first-order valence-corrected chi connectivity index (χ1v) is 5.77. The summed E-state index contributed by atoms with van der Waals surface area (Å²) < 4.78 is 4.85. The Balaban J connectivity index is 0.000000963. The maximum Gasteiger partial charge on any atom is 0.124 e. The van der Waals surface area contributed by atoms with Crippen LogP contribution in [-0.4, -0.2) is 35.7 Å². The summed E-state index contributed by atoms with van der Waals surface area (Å²) in [6, 6.07) is 2.73. The van der Waals surface area contributed by atoms with Crippen molar-refractivity contribution >= 4 is 12.4 Å². The maximum atomic E-state index is 4.85. The van der Waals surface area contributed by atoms with E-state index in [-0.39, 0.29) is 12.4 Å². The van der Waals surface area contributed by atoms with Gasteiger partial charge in [0, 0.05) is 31.7 Å². The smallest absolute Gasteiger partial charge is 0.124 e. The normalized spacial score (nSPS) is 29.8. The molecule has 5 heteroatoms. The van der Waals surface area contributed by atoms with Crippen molar-refractivity contribution in [2.45, 2.75) is 25.4 Å².